The molecule has 0 saturated heterocycles. The van der Waals surface area contributed by atoms with Crippen molar-refractivity contribution in [1.82, 2.24) is 10.6 Å². The summed E-state index contributed by atoms with van der Waals surface area (Å²) in [5.41, 5.74) is -0.125. The molecule has 2 aromatic rings. The maximum atomic E-state index is 13.6. The van der Waals surface area contributed by atoms with Crippen LogP contribution in [0.3, 0.4) is 0 Å². The fourth-order valence-electron chi connectivity index (χ4n) is 2.92. The quantitative estimate of drug-likeness (QED) is 0.622. The van der Waals surface area contributed by atoms with Crippen molar-refractivity contribution in [2.75, 3.05) is 20.3 Å². The first-order chi connectivity index (χ1) is 14.4. The molecule has 7 heteroatoms. The Morgan fingerprint density at radius 3 is 2.60 bits per heavy atom. The van der Waals surface area contributed by atoms with Crippen LogP contribution in [0.25, 0.3) is 0 Å². The number of hydrogen-bond donors (Lipinski definition) is 2. The predicted molar refractivity (Wildman–Crippen MR) is 110 cm³/mol. The fraction of sp³-hybridized carbons (Fsp3) is 0.304. The number of carbonyl (C=O) groups is 2. The normalized spacial score (nSPS) is 14.8. The lowest BCUT2D eigenvalue weighted by molar-refractivity contribution is -0.132. The van der Waals surface area contributed by atoms with E-state index >= 15 is 0 Å². The summed E-state index contributed by atoms with van der Waals surface area (Å²) in [6.07, 6.45) is 5.91. The molecule has 0 aliphatic heterocycles. The molecular weight excluding hydrogens is 387 g/mol. The number of para-hydroxylation sites is 1. The molecule has 2 N–H and O–H groups in total. The molecule has 0 radical (unpaired) electrons. The van der Waals surface area contributed by atoms with Crippen LogP contribution in [0.1, 0.15) is 28.8 Å². The second kappa shape index (κ2) is 9.42. The average molecular weight is 410 g/mol. The SMILES string of the molecule is C#Cc1cc(F)cc(C(=O)NC2(CNC(=O)C(COc3ccccc3)OC)CC2)c1. The van der Waals surface area contributed by atoms with Gasteiger partial charge in [0.05, 0.1) is 5.54 Å². The van der Waals surface area contributed by atoms with Crippen molar-refractivity contribution in [3.05, 3.63) is 65.5 Å². The van der Waals surface area contributed by atoms with Crippen molar-refractivity contribution in [3.8, 4) is 18.1 Å². The van der Waals surface area contributed by atoms with Gasteiger partial charge in [0, 0.05) is 24.8 Å². The van der Waals surface area contributed by atoms with Crippen LogP contribution in [0.4, 0.5) is 4.39 Å². The van der Waals surface area contributed by atoms with Crippen LogP contribution in [0.15, 0.2) is 48.5 Å². The Hall–Kier alpha value is -3.37. The molecule has 2 aromatic carbocycles. The smallest absolute Gasteiger partial charge is 0.252 e. The molecule has 0 heterocycles. The molecule has 1 fully saturated rings. The van der Waals surface area contributed by atoms with E-state index in [4.69, 9.17) is 15.9 Å². The van der Waals surface area contributed by atoms with Crippen molar-refractivity contribution in [2.24, 2.45) is 0 Å². The number of hydrogen-bond acceptors (Lipinski definition) is 4. The molecule has 1 unspecified atom stereocenters. The molecule has 156 valence electrons. The number of methoxy groups -OCH3 is 1. The molecule has 1 aliphatic carbocycles. The molecule has 0 spiro atoms. The zero-order chi connectivity index (χ0) is 21.6. The van der Waals surface area contributed by atoms with Crippen molar-refractivity contribution >= 4 is 11.8 Å². The molecule has 30 heavy (non-hydrogen) atoms. The molecule has 6 nitrogen and oxygen atoms in total. The van der Waals surface area contributed by atoms with Crippen molar-refractivity contribution in [2.45, 2.75) is 24.5 Å². The zero-order valence-corrected chi connectivity index (χ0v) is 16.6. The highest BCUT2D eigenvalue weighted by Gasteiger charge is 2.44. The predicted octanol–water partition coefficient (Wildman–Crippen LogP) is 2.28. The molecule has 1 atom stereocenters. The first-order valence-corrected chi connectivity index (χ1v) is 9.53. The standard InChI is InChI=1S/C23H23FN2O4/c1-3-16-11-17(13-18(24)12-16)21(27)26-23(9-10-23)15-25-22(28)20(29-2)14-30-19-7-5-4-6-8-19/h1,4-8,11-13,20H,9-10,14-15H2,2H3,(H,25,28)(H,26,27). The van der Waals surface area contributed by atoms with Crippen LogP contribution in [0, 0.1) is 18.2 Å². The Kier molecular flexibility index (Phi) is 6.70. The number of rotatable bonds is 9. The van der Waals surface area contributed by atoms with Gasteiger partial charge < -0.3 is 20.1 Å². The second-order valence-electron chi connectivity index (χ2n) is 7.17. The number of carbonyl (C=O) groups excluding carboxylic acids is 2. The summed E-state index contributed by atoms with van der Waals surface area (Å²) in [7, 11) is 1.43. The van der Waals surface area contributed by atoms with Crippen LogP contribution < -0.4 is 15.4 Å². The van der Waals surface area contributed by atoms with E-state index in [0.29, 0.717) is 24.2 Å². The first-order valence-electron chi connectivity index (χ1n) is 9.53. The molecule has 0 aromatic heterocycles. The number of halogens is 1. The Bertz CT molecular complexity index is 951. The van der Waals surface area contributed by atoms with Gasteiger partial charge in [-0.25, -0.2) is 4.39 Å². The lowest BCUT2D eigenvalue weighted by Gasteiger charge is -2.21. The van der Waals surface area contributed by atoms with Crippen LogP contribution in [0.2, 0.25) is 0 Å². The van der Waals surface area contributed by atoms with Gasteiger partial charge in [0.25, 0.3) is 11.8 Å². The number of ether oxygens (including phenoxy) is 2. The average Bonchev–Trinajstić information content (AvgIpc) is 3.52. The molecule has 0 bridgehead atoms. The lowest BCUT2D eigenvalue weighted by atomic mass is 10.1. The van der Waals surface area contributed by atoms with Gasteiger partial charge in [0.2, 0.25) is 0 Å². The number of nitrogens with one attached hydrogen (secondary N) is 2. The number of amides is 2. The van der Waals surface area contributed by atoms with Gasteiger partial charge in [-0.1, -0.05) is 24.1 Å². The van der Waals surface area contributed by atoms with Gasteiger partial charge in [-0.2, -0.15) is 0 Å². The Balaban J connectivity index is 1.53. The van der Waals surface area contributed by atoms with Gasteiger partial charge >= 0.3 is 0 Å². The topological polar surface area (TPSA) is 76.7 Å². The third kappa shape index (κ3) is 5.58. The second-order valence-corrected chi connectivity index (χ2v) is 7.17. The van der Waals surface area contributed by atoms with E-state index in [-0.39, 0.29) is 24.6 Å². The highest BCUT2D eigenvalue weighted by molar-refractivity contribution is 5.95. The monoisotopic (exact) mass is 410 g/mol. The van der Waals surface area contributed by atoms with Crippen LogP contribution >= 0.6 is 0 Å². The maximum Gasteiger partial charge on any atom is 0.252 e. The fourth-order valence-corrected chi connectivity index (χ4v) is 2.92. The highest BCUT2D eigenvalue weighted by Crippen LogP contribution is 2.35. The summed E-state index contributed by atoms with van der Waals surface area (Å²) in [6, 6.07) is 12.9. The highest BCUT2D eigenvalue weighted by atomic mass is 19.1. The summed E-state index contributed by atoms with van der Waals surface area (Å²) >= 11 is 0. The molecule has 1 aliphatic rings. The number of terminal acetylenes is 1. The van der Waals surface area contributed by atoms with Gasteiger partial charge in [-0.15, -0.1) is 6.42 Å². The Morgan fingerprint density at radius 2 is 1.97 bits per heavy atom. The molecule has 3 rings (SSSR count). The maximum absolute atomic E-state index is 13.6. The van der Waals surface area contributed by atoms with Gasteiger partial charge in [0.15, 0.2) is 6.10 Å². The van der Waals surface area contributed by atoms with E-state index < -0.39 is 23.4 Å². The van der Waals surface area contributed by atoms with Gasteiger partial charge in [-0.3, -0.25) is 9.59 Å². The minimum absolute atomic E-state index is 0.0594. The molecule has 2 amide bonds. The summed E-state index contributed by atoms with van der Waals surface area (Å²) in [6.45, 7) is 0.296. The van der Waals surface area contributed by atoms with Crippen LogP contribution in [-0.4, -0.2) is 43.7 Å². The molecular formula is C23H23FN2O4. The summed E-state index contributed by atoms with van der Waals surface area (Å²) in [5.74, 6) is 1.61. The summed E-state index contributed by atoms with van der Waals surface area (Å²) < 4.78 is 24.4. The summed E-state index contributed by atoms with van der Waals surface area (Å²) in [5, 5.41) is 5.67. The minimum Gasteiger partial charge on any atom is -0.490 e. The summed E-state index contributed by atoms with van der Waals surface area (Å²) in [4.78, 5) is 25.0. The lowest BCUT2D eigenvalue weighted by Crippen LogP contribution is -2.49. The van der Waals surface area contributed by atoms with Crippen molar-refractivity contribution in [3.63, 3.8) is 0 Å². The first kappa shape index (κ1) is 21.3. The van der Waals surface area contributed by atoms with Crippen LogP contribution in [-0.2, 0) is 9.53 Å². The van der Waals surface area contributed by atoms with E-state index in [1.54, 1.807) is 12.1 Å². The van der Waals surface area contributed by atoms with Crippen molar-refractivity contribution in [1.29, 1.82) is 0 Å². The van der Waals surface area contributed by atoms with E-state index in [0.717, 1.165) is 6.07 Å². The van der Waals surface area contributed by atoms with Crippen molar-refractivity contribution < 1.29 is 23.5 Å². The van der Waals surface area contributed by atoms with Gasteiger partial charge in [-0.05, 0) is 43.2 Å². The van der Waals surface area contributed by atoms with Gasteiger partial charge in [0.1, 0.15) is 18.2 Å². The Labute approximate surface area is 174 Å². The zero-order valence-electron chi connectivity index (χ0n) is 16.6. The van der Waals surface area contributed by atoms with Crippen LogP contribution in [0.5, 0.6) is 5.75 Å². The Morgan fingerprint density at radius 1 is 1.23 bits per heavy atom. The van der Waals surface area contributed by atoms with E-state index in [1.807, 2.05) is 18.2 Å². The minimum atomic E-state index is -0.793. The number of benzene rings is 2. The van der Waals surface area contributed by atoms with E-state index in [1.165, 1.54) is 19.2 Å². The third-order valence-corrected chi connectivity index (χ3v) is 4.88. The van der Waals surface area contributed by atoms with E-state index in [9.17, 15) is 14.0 Å². The molecule has 1 saturated carbocycles. The third-order valence-electron chi connectivity index (χ3n) is 4.88. The largest absolute Gasteiger partial charge is 0.490 e. The van der Waals surface area contributed by atoms with E-state index in [2.05, 4.69) is 16.6 Å².